The number of benzene rings is 2. The van der Waals surface area contributed by atoms with E-state index in [9.17, 15) is 27.2 Å². The molecular formula is C23H19ClF4N6O3. The summed E-state index contributed by atoms with van der Waals surface area (Å²) in [4.78, 5) is 29.7. The summed E-state index contributed by atoms with van der Waals surface area (Å²) in [5, 5.41) is 8.80. The molecule has 14 heteroatoms. The minimum atomic E-state index is -4.50. The first-order valence-electron chi connectivity index (χ1n) is 10.9. The van der Waals surface area contributed by atoms with Gasteiger partial charge in [-0.3, -0.25) is 4.57 Å². The Balaban J connectivity index is 1.76. The largest absolute Gasteiger partial charge is 0.460 e. The predicted molar refractivity (Wildman–Crippen MR) is 124 cm³/mol. The minimum absolute atomic E-state index is 0.0129. The first-order chi connectivity index (χ1) is 17.6. The summed E-state index contributed by atoms with van der Waals surface area (Å²) in [5.41, 5.74) is -0.298. The molecule has 0 bridgehead atoms. The summed E-state index contributed by atoms with van der Waals surface area (Å²) in [6.07, 6.45) is -5.75. The lowest BCUT2D eigenvalue weighted by atomic mass is 10.2. The summed E-state index contributed by atoms with van der Waals surface area (Å²) < 4.78 is 60.5. The maximum Gasteiger partial charge on any atom is 0.390 e. The van der Waals surface area contributed by atoms with Gasteiger partial charge in [0.2, 0.25) is 5.82 Å². The number of nitrogens with zero attached hydrogens (tertiary/aromatic N) is 6. The molecule has 0 atom stereocenters. The molecule has 194 valence electrons. The van der Waals surface area contributed by atoms with E-state index in [0.29, 0.717) is 10.6 Å². The van der Waals surface area contributed by atoms with Crippen LogP contribution in [0.1, 0.15) is 29.8 Å². The SMILES string of the molecule is CCOC(=O)c1nc(Cn2nc(-c3ccc(Cl)cc3)n(CCC(F)(F)F)c2=O)nn1-c1cccc(F)c1. The summed E-state index contributed by atoms with van der Waals surface area (Å²) in [5.74, 6) is -1.78. The molecule has 0 spiro atoms. The van der Waals surface area contributed by atoms with Crippen LogP contribution in [0, 0.1) is 5.82 Å². The van der Waals surface area contributed by atoms with Gasteiger partial charge in [-0.1, -0.05) is 17.7 Å². The van der Waals surface area contributed by atoms with Crippen LogP contribution in [-0.2, 0) is 17.8 Å². The molecule has 0 saturated heterocycles. The maximum atomic E-state index is 13.8. The van der Waals surface area contributed by atoms with Gasteiger partial charge in [0.1, 0.15) is 12.4 Å². The molecular weight excluding hydrogens is 520 g/mol. The van der Waals surface area contributed by atoms with Gasteiger partial charge < -0.3 is 4.74 Å². The number of rotatable bonds is 8. The van der Waals surface area contributed by atoms with Crippen molar-refractivity contribution in [3.8, 4) is 17.1 Å². The minimum Gasteiger partial charge on any atom is -0.460 e. The average Bonchev–Trinajstić information content (AvgIpc) is 3.40. The molecule has 2 aromatic heterocycles. The fourth-order valence-electron chi connectivity index (χ4n) is 3.47. The van der Waals surface area contributed by atoms with E-state index in [-0.39, 0.29) is 36.3 Å². The number of hydrogen-bond donors (Lipinski definition) is 0. The molecule has 2 heterocycles. The summed E-state index contributed by atoms with van der Waals surface area (Å²) in [7, 11) is 0. The van der Waals surface area contributed by atoms with Gasteiger partial charge in [-0.25, -0.2) is 28.3 Å². The van der Waals surface area contributed by atoms with Crippen molar-refractivity contribution in [1.29, 1.82) is 0 Å². The number of ether oxygens (including phenoxy) is 1. The zero-order chi connectivity index (χ0) is 26.7. The number of alkyl halides is 3. The molecule has 2 aromatic carbocycles. The van der Waals surface area contributed by atoms with Crippen LogP contribution in [0.5, 0.6) is 0 Å². The zero-order valence-corrected chi connectivity index (χ0v) is 20.0. The van der Waals surface area contributed by atoms with Crippen LogP contribution in [0.15, 0.2) is 53.3 Å². The Morgan fingerprint density at radius 3 is 2.49 bits per heavy atom. The number of aromatic nitrogens is 6. The van der Waals surface area contributed by atoms with Gasteiger partial charge in [0, 0.05) is 17.1 Å². The number of carbonyl (C=O) groups is 1. The smallest absolute Gasteiger partial charge is 0.390 e. The third kappa shape index (κ3) is 6.05. The van der Waals surface area contributed by atoms with Crippen LogP contribution in [-0.4, -0.2) is 47.9 Å². The first kappa shape index (κ1) is 26.1. The van der Waals surface area contributed by atoms with E-state index in [1.54, 1.807) is 6.92 Å². The van der Waals surface area contributed by atoms with Crippen molar-refractivity contribution in [3.05, 3.63) is 81.5 Å². The Kier molecular flexibility index (Phi) is 7.43. The van der Waals surface area contributed by atoms with Gasteiger partial charge in [-0.05, 0) is 49.4 Å². The quantitative estimate of drug-likeness (QED) is 0.246. The molecule has 0 aliphatic carbocycles. The number of hydrogen-bond acceptors (Lipinski definition) is 6. The van der Waals surface area contributed by atoms with Gasteiger partial charge in [-0.15, -0.1) is 10.2 Å². The molecule has 0 saturated carbocycles. The standard InChI is InChI=1S/C23H19ClF4N6O3/c1-2-37-21(35)20-29-18(30-34(20)17-5-3-4-16(25)12-17)13-33-22(36)32(11-10-23(26,27)28)19(31-33)14-6-8-15(24)9-7-14/h3-9,12H,2,10-11,13H2,1H3. The highest BCUT2D eigenvalue weighted by Gasteiger charge is 2.29. The van der Waals surface area contributed by atoms with Crippen LogP contribution < -0.4 is 5.69 Å². The highest BCUT2D eigenvalue weighted by molar-refractivity contribution is 6.30. The average molecular weight is 539 g/mol. The van der Waals surface area contributed by atoms with E-state index in [2.05, 4.69) is 15.2 Å². The van der Waals surface area contributed by atoms with Crippen LogP contribution in [0.4, 0.5) is 17.6 Å². The van der Waals surface area contributed by atoms with Crippen LogP contribution >= 0.6 is 11.6 Å². The van der Waals surface area contributed by atoms with Gasteiger partial charge in [0.05, 0.1) is 18.7 Å². The molecule has 0 aliphatic rings. The van der Waals surface area contributed by atoms with Crippen molar-refractivity contribution in [3.63, 3.8) is 0 Å². The molecule has 4 aromatic rings. The fraction of sp³-hybridized carbons (Fsp3) is 0.261. The van der Waals surface area contributed by atoms with Crippen molar-refractivity contribution < 1.29 is 27.1 Å². The monoisotopic (exact) mass is 538 g/mol. The Labute approximate surface area is 211 Å². The molecule has 4 rings (SSSR count). The van der Waals surface area contributed by atoms with E-state index < -0.39 is 36.6 Å². The Hall–Kier alpha value is -4.00. The third-order valence-electron chi connectivity index (χ3n) is 5.10. The second kappa shape index (κ2) is 10.5. The lowest BCUT2D eigenvalue weighted by Gasteiger charge is -2.08. The van der Waals surface area contributed by atoms with Crippen LogP contribution in [0.2, 0.25) is 5.02 Å². The lowest BCUT2D eigenvalue weighted by molar-refractivity contribution is -0.136. The number of halogens is 5. The summed E-state index contributed by atoms with van der Waals surface area (Å²) in [6, 6.07) is 11.3. The highest BCUT2D eigenvalue weighted by Crippen LogP contribution is 2.23. The van der Waals surface area contributed by atoms with Gasteiger partial charge in [-0.2, -0.15) is 13.2 Å². The Morgan fingerprint density at radius 1 is 1.11 bits per heavy atom. The van der Waals surface area contributed by atoms with E-state index in [1.165, 1.54) is 42.5 Å². The van der Waals surface area contributed by atoms with E-state index in [4.69, 9.17) is 16.3 Å². The third-order valence-corrected chi connectivity index (χ3v) is 5.35. The molecule has 0 N–H and O–H groups in total. The molecule has 0 amide bonds. The first-order valence-corrected chi connectivity index (χ1v) is 11.3. The van der Waals surface area contributed by atoms with Gasteiger partial charge in [0.15, 0.2) is 11.6 Å². The van der Waals surface area contributed by atoms with E-state index >= 15 is 0 Å². The predicted octanol–water partition coefficient (Wildman–Crippen LogP) is 4.26. The van der Waals surface area contributed by atoms with Crippen molar-refractivity contribution in [2.45, 2.75) is 32.6 Å². The van der Waals surface area contributed by atoms with Gasteiger partial charge in [0.25, 0.3) is 0 Å². The van der Waals surface area contributed by atoms with Crippen LogP contribution in [0.3, 0.4) is 0 Å². The number of carbonyl (C=O) groups excluding carboxylic acids is 1. The molecule has 9 nitrogen and oxygen atoms in total. The highest BCUT2D eigenvalue weighted by atomic mass is 35.5. The Morgan fingerprint density at radius 2 is 1.84 bits per heavy atom. The molecule has 0 fully saturated rings. The summed E-state index contributed by atoms with van der Waals surface area (Å²) >= 11 is 5.91. The maximum absolute atomic E-state index is 13.8. The molecule has 37 heavy (non-hydrogen) atoms. The lowest BCUT2D eigenvalue weighted by Crippen LogP contribution is -2.27. The van der Waals surface area contributed by atoms with Gasteiger partial charge >= 0.3 is 17.8 Å². The van der Waals surface area contributed by atoms with Crippen molar-refractivity contribution in [1.82, 2.24) is 29.1 Å². The summed E-state index contributed by atoms with van der Waals surface area (Å²) in [6.45, 7) is 0.581. The normalized spacial score (nSPS) is 11.6. The Bertz CT molecular complexity index is 1480. The molecule has 0 radical (unpaired) electrons. The second-order valence-electron chi connectivity index (χ2n) is 7.75. The molecule has 0 unspecified atom stereocenters. The van der Waals surface area contributed by atoms with Crippen molar-refractivity contribution in [2.75, 3.05) is 6.61 Å². The second-order valence-corrected chi connectivity index (χ2v) is 8.19. The topological polar surface area (TPSA) is 96.8 Å². The van der Waals surface area contributed by atoms with Crippen molar-refractivity contribution in [2.24, 2.45) is 0 Å². The molecule has 0 aliphatic heterocycles. The van der Waals surface area contributed by atoms with Crippen LogP contribution in [0.25, 0.3) is 17.1 Å². The fourth-order valence-corrected chi connectivity index (χ4v) is 3.59. The number of esters is 1. The zero-order valence-electron chi connectivity index (χ0n) is 19.2. The van der Waals surface area contributed by atoms with E-state index in [1.807, 2.05) is 0 Å². The van der Waals surface area contributed by atoms with Crippen molar-refractivity contribution >= 4 is 17.6 Å². The van der Waals surface area contributed by atoms with E-state index in [0.717, 1.165) is 20.0 Å².